The minimum atomic E-state index is -0.197. The Morgan fingerprint density at radius 2 is 1.67 bits per heavy atom. The van der Waals surface area contributed by atoms with Crippen LogP contribution in [0, 0.1) is 0 Å². The van der Waals surface area contributed by atoms with Crippen LogP contribution in [0.5, 0.6) is 0 Å². The number of nitrogens with zero attached hydrogens (tertiary/aromatic N) is 9. The number of ether oxygens (including phenoxy) is 1. The highest BCUT2D eigenvalue weighted by molar-refractivity contribution is 5.86. The summed E-state index contributed by atoms with van der Waals surface area (Å²) in [5, 5.41) is 9.78. The largest absolute Gasteiger partial charge is 0.394 e. The molecule has 2 aliphatic heterocycles. The summed E-state index contributed by atoms with van der Waals surface area (Å²) in [7, 11) is 2.06. The summed E-state index contributed by atoms with van der Waals surface area (Å²) in [5.41, 5.74) is 3.42. The van der Waals surface area contributed by atoms with Gasteiger partial charge in [0.15, 0.2) is 17.0 Å². The van der Waals surface area contributed by atoms with Crippen LogP contribution in [0.4, 0.5) is 5.82 Å². The number of hydrogen-bond donors (Lipinski definition) is 1. The van der Waals surface area contributed by atoms with E-state index in [0.29, 0.717) is 19.2 Å². The molecule has 6 rings (SSSR count). The van der Waals surface area contributed by atoms with Gasteiger partial charge in [0.1, 0.15) is 11.6 Å². The van der Waals surface area contributed by atoms with Crippen molar-refractivity contribution in [2.45, 2.75) is 39.3 Å². The van der Waals surface area contributed by atoms with E-state index in [1.165, 1.54) is 0 Å². The average Bonchev–Trinajstić information content (AvgIpc) is 3.50. The third-order valence-electron chi connectivity index (χ3n) is 8.22. The molecule has 11 nitrogen and oxygen atoms in total. The maximum atomic E-state index is 9.78. The predicted octanol–water partition coefficient (Wildman–Crippen LogP) is 1.99. The Morgan fingerprint density at radius 3 is 2.38 bits per heavy atom. The molecule has 5 heterocycles. The standard InChI is InChI=1S/C28H39N9O2/c1-5-22-29-20-8-6-7-9-21(20)37(22)27-31-25-24(26(32-27)35-14-16-39-17-15-35)30-23(33(25)4)18-34-10-12-36(13-11-34)28(2,3)19-38/h6-9,38H,5,10-19H2,1-4H3. The van der Waals surface area contributed by atoms with Crippen molar-refractivity contribution < 1.29 is 9.84 Å². The number of hydrogen-bond acceptors (Lipinski definition) is 9. The summed E-state index contributed by atoms with van der Waals surface area (Å²) in [6.07, 6.45) is 0.776. The monoisotopic (exact) mass is 533 g/mol. The van der Waals surface area contributed by atoms with Crippen LogP contribution in [0.2, 0.25) is 0 Å². The molecule has 0 radical (unpaired) electrons. The summed E-state index contributed by atoms with van der Waals surface area (Å²) < 4.78 is 9.86. The molecule has 11 heteroatoms. The van der Waals surface area contributed by atoms with Crippen LogP contribution in [-0.2, 0) is 24.8 Å². The predicted molar refractivity (Wildman–Crippen MR) is 151 cm³/mol. The highest BCUT2D eigenvalue weighted by Gasteiger charge is 2.30. The Hall–Kier alpha value is -3.12. The Morgan fingerprint density at radius 1 is 0.923 bits per heavy atom. The molecular weight excluding hydrogens is 494 g/mol. The van der Waals surface area contributed by atoms with E-state index >= 15 is 0 Å². The van der Waals surface area contributed by atoms with Gasteiger partial charge in [0.2, 0.25) is 5.95 Å². The van der Waals surface area contributed by atoms with Crippen LogP contribution in [0.15, 0.2) is 24.3 Å². The summed E-state index contributed by atoms with van der Waals surface area (Å²) >= 11 is 0. The van der Waals surface area contributed by atoms with Gasteiger partial charge in [-0.05, 0) is 26.0 Å². The highest BCUT2D eigenvalue weighted by atomic mass is 16.5. The molecule has 0 bridgehead atoms. The molecule has 2 saturated heterocycles. The summed E-state index contributed by atoms with van der Waals surface area (Å²) in [6, 6.07) is 8.16. The van der Waals surface area contributed by atoms with Gasteiger partial charge in [-0.15, -0.1) is 0 Å². The van der Waals surface area contributed by atoms with Gasteiger partial charge in [-0.1, -0.05) is 19.1 Å². The number of aliphatic hydroxyl groups is 1. The van der Waals surface area contributed by atoms with Crippen molar-refractivity contribution in [2.24, 2.45) is 7.05 Å². The van der Waals surface area contributed by atoms with Crippen molar-refractivity contribution in [3.63, 3.8) is 0 Å². The third-order valence-corrected chi connectivity index (χ3v) is 8.22. The van der Waals surface area contributed by atoms with Crippen molar-refractivity contribution in [2.75, 3.05) is 64.0 Å². The fraction of sp³-hybridized carbons (Fsp3) is 0.571. The number of anilines is 1. The molecule has 0 aliphatic carbocycles. The number of aliphatic hydroxyl groups excluding tert-OH is 1. The lowest BCUT2D eigenvalue weighted by Gasteiger charge is -2.43. The van der Waals surface area contributed by atoms with Crippen LogP contribution in [0.3, 0.4) is 0 Å². The van der Waals surface area contributed by atoms with Crippen LogP contribution < -0.4 is 4.90 Å². The van der Waals surface area contributed by atoms with Gasteiger partial charge in [-0.3, -0.25) is 14.4 Å². The highest BCUT2D eigenvalue weighted by Crippen LogP contribution is 2.29. The topological polar surface area (TPSA) is 101 Å². The van der Waals surface area contributed by atoms with Gasteiger partial charge in [0.25, 0.3) is 0 Å². The van der Waals surface area contributed by atoms with Gasteiger partial charge in [-0.2, -0.15) is 9.97 Å². The van der Waals surface area contributed by atoms with E-state index in [2.05, 4.69) is 57.7 Å². The molecule has 0 atom stereocenters. The van der Waals surface area contributed by atoms with E-state index in [9.17, 15) is 5.11 Å². The third kappa shape index (κ3) is 4.77. The maximum Gasteiger partial charge on any atom is 0.239 e. The first kappa shape index (κ1) is 26.1. The van der Waals surface area contributed by atoms with Gasteiger partial charge >= 0.3 is 0 Å². The Labute approximate surface area is 229 Å². The normalized spacial score (nSPS) is 18.0. The molecule has 208 valence electrons. The van der Waals surface area contributed by atoms with E-state index in [0.717, 1.165) is 91.9 Å². The van der Waals surface area contributed by atoms with Gasteiger partial charge in [0, 0.05) is 58.3 Å². The zero-order valence-corrected chi connectivity index (χ0v) is 23.5. The maximum absolute atomic E-state index is 9.78. The smallest absolute Gasteiger partial charge is 0.239 e. The number of morpholine rings is 1. The number of piperazine rings is 1. The van der Waals surface area contributed by atoms with E-state index in [4.69, 9.17) is 24.7 Å². The summed E-state index contributed by atoms with van der Waals surface area (Å²) in [4.78, 5) is 27.3. The molecule has 2 fully saturated rings. The number of aromatic nitrogens is 6. The molecule has 1 N–H and O–H groups in total. The molecule has 0 saturated carbocycles. The Balaban J connectivity index is 1.39. The number of para-hydroxylation sites is 2. The van der Waals surface area contributed by atoms with Crippen molar-refractivity contribution in [3.8, 4) is 5.95 Å². The molecule has 2 aliphatic rings. The molecule has 0 spiro atoms. The van der Waals surface area contributed by atoms with E-state index in [1.807, 2.05) is 18.2 Å². The summed E-state index contributed by atoms with van der Waals surface area (Å²) in [5.74, 6) is 3.40. The second-order valence-electron chi connectivity index (χ2n) is 11.1. The average molecular weight is 534 g/mol. The zero-order chi connectivity index (χ0) is 27.1. The Kier molecular flexibility index (Phi) is 7.00. The lowest BCUT2D eigenvalue weighted by Crippen LogP contribution is -2.55. The second kappa shape index (κ2) is 10.5. The molecule has 4 aromatic rings. The quantitative estimate of drug-likeness (QED) is 0.382. The molecule has 0 unspecified atom stereocenters. The molecule has 0 amide bonds. The van der Waals surface area contributed by atoms with Gasteiger partial charge < -0.3 is 19.3 Å². The van der Waals surface area contributed by atoms with Crippen LogP contribution in [0.1, 0.15) is 32.4 Å². The van der Waals surface area contributed by atoms with E-state index in [-0.39, 0.29) is 12.1 Å². The molecule has 39 heavy (non-hydrogen) atoms. The second-order valence-corrected chi connectivity index (χ2v) is 11.1. The van der Waals surface area contributed by atoms with Crippen LogP contribution in [0.25, 0.3) is 28.1 Å². The summed E-state index contributed by atoms with van der Waals surface area (Å²) in [6.45, 7) is 13.8. The Bertz CT molecular complexity index is 1460. The van der Waals surface area contributed by atoms with Gasteiger partial charge in [0.05, 0.1) is 37.4 Å². The first-order valence-electron chi connectivity index (χ1n) is 14.0. The van der Waals surface area contributed by atoms with Crippen molar-refractivity contribution in [1.82, 2.24) is 38.9 Å². The molecular formula is C28H39N9O2. The van der Waals surface area contributed by atoms with E-state index < -0.39 is 0 Å². The van der Waals surface area contributed by atoms with Crippen molar-refractivity contribution in [3.05, 3.63) is 35.9 Å². The fourth-order valence-corrected chi connectivity index (χ4v) is 5.67. The molecule has 3 aromatic heterocycles. The van der Waals surface area contributed by atoms with Crippen LogP contribution in [-0.4, -0.2) is 109 Å². The fourth-order valence-electron chi connectivity index (χ4n) is 5.67. The minimum Gasteiger partial charge on any atom is -0.394 e. The number of rotatable bonds is 7. The molecule has 1 aromatic carbocycles. The first-order chi connectivity index (χ1) is 18.9. The lowest BCUT2D eigenvalue weighted by atomic mass is 10.0. The minimum absolute atomic E-state index is 0.162. The zero-order valence-electron chi connectivity index (χ0n) is 23.5. The van der Waals surface area contributed by atoms with Gasteiger partial charge in [-0.25, -0.2) is 9.97 Å². The SMILES string of the molecule is CCc1nc2ccccc2n1-c1nc(N2CCOCC2)c2nc(CN3CCN(C(C)(C)CO)CC3)n(C)c2n1. The van der Waals surface area contributed by atoms with Crippen molar-refractivity contribution in [1.29, 1.82) is 0 Å². The first-order valence-corrected chi connectivity index (χ1v) is 14.0. The van der Waals surface area contributed by atoms with Crippen LogP contribution >= 0.6 is 0 Å². The number of fused-ring (bicyclic) bond motifs is 2. The number of benzene rings is 1. The lowest BCUT2D eigenvalue weighted by molar-refractivity contribution is 0.0141. The number of imidazole rings is 2. The van der Waals surface area contributed by atoms with E-state index in [1.54, 1.807) is 0 Å². The van der Waals surface area contributed by atoms with Crippen molar-refractivity contribution >= 4 is 28.0 Å². The number of aryl methyl sites for hydroxylation is 2.